The molecule has 83 valence electrons. The summed E-state index contributed by atoms with van der Waals surface area (Å²) in [5.41, 5.74) is 0. The third-order valence-corrected chi connectivity index (χ3v) is 2.75. The van der Waals surface area contributed by atoms with Gasteiger partial charge < -0.3 is 4.74 Å². The van der Waals surface area contributed by atoms with E-state index < -0.39 is 0 Å². The zero-order chi connectivity index (χ0) is 10.8. The molecule has 0 aromatic heterocycles. The van der Waals surface area contributed by atoms with E-state index >= 15 is 0 Å². The van der Waals surface area contributed by atoms with E-state index in [9.17, 15) is 0 Å². The Labute approximate surface area is 90.9 Å². The van der Waals surface area contributed by atoms with Crippen molar-refractivity contribution in [3.05, 3.63) is 0 Å². The highest BCUT2D eigenvalue weighted by atomic mass is 16.5. The molecule has 0 saturated carbocycles. The molecule has 14 heavy (non-hydrogen) atoms. The zero-order valence-corrected chi connectivity index (χ0v) is 10.4. The second kappa shape index (κ2) is 9.58. The molecule has 0 aliphatic heterocycles. The first-order valence-electron chi connectivity index (χ1n) is 6.13. The van der Waals surface area contributed by atoms with Gasteiger partial charge in [0.25, 0.3) is 0 Å². The Hall–Kier alpha value is 0.0249. The molecule has 2 heteroatoms. The first-order chi connectivity index (χ1) is 6.70. The molecule has 0 bridgehead atoms. The Balaban J connectivity index is 3.13. The van der Waals surface area contributed by atoms with Gasteiger partial charge in [0.05, 0.1) is 0 Å². The molecule has 0 aromatic rings. The Bertz CT molecular complexity index is 117. The fourth-order valence-corrected chi connectivity index (χ4v) is 1.52. The zero-order valence-electron chi connectivity index (χ0n) is 10.4. The van der Waals surface area contributed by atoms with Gasteiger partial charge in [-0.3, -0.25) is 0 Å². The fourth-order valence-electron chi connectivity index (χ4n) is 1.52. The quantitative estimate of drug-likeness (QED) is 0.403. The van der Waals surface area contributed by atoms with Gasteiger partial charge in [-0.25, -0.2) is 0 Å². The van der Waals surface area contributed by atoms with Crippen molar-refractivity contribution in [3.8, 4) is 0 Å². The minimum Gasteiger partial charge on any atom is -0.380 e. The van der Waals surface area contributed by atoms with Gasteiger partial charge in [0.15, 0.2) is 0 Å². The van der Waals surface area contributed by atoms with Crippen molar-refractivity contribution >= 4 is 7.28 Å². The van der Waals surface area contributed by atoms with Crippen molar-refractivity contribution in [1.82, 2.24) is 0 Å². The molecule has 0 N–H and O–H groups in total. The summed E-state index contributed by atoms with van der Waals surface area (Å²) in [6.45, 7) is 9.64. The van der Waals surface area contributed by atoms with Crippen LogP contribution in [-0.2, 0) is 4.74 Å². The Kier molecular flexibility index (Phi) is 9.59. The standard InChI is InChI=1S/C12H26BO/c1-5-11(3)8-7-9-13-10-12(4)14-6-2/h11-12H,5-10H2,1-4H3. The Morgan fingerprint density at radius 2 is 1.93 bits per heavy atom. The highest BCUT2D eigenvalue weighted by Crippen LogP contribution is 2.11. The van der Waals surface area contributed by atoms with Gasteiger partial charge >= 0.3 is 0 Å². The Morgan fingerprint density at radius 3 is 2.50 bits per heavy atom. The molecule has 1 nitrogen and oxygen atoms in total. The van der Waals surface area contributed by atoms with Crippen LogP contribution in [0, 0.1) is 5.92 Å². The van der Waals surface area contributed by atoms with E-state index in [-0.39, 0.29) is 0 Å². The predicted octanol–water partition coefficient (Wildman–Crippen LogP) is 3.78. The molecule has 0 aliphatic carbocycles. The number of rotatable bonds is 9. The molecule has 0 amide bonds. The van der Waals surface area contributed by atoms with E-state index in [4.69, 9.17) is 4.74 Å². The minimum absolute atomic E-state index is 0.406. The lowest BCUT2D eigenvalue weighted by Gasteiger charge is -2.11. The van der Waals surface area contributed by atoms with Gasteiger partial charge in [0, 0.05) is 12.7 Å². The average Bonchev–Trinajstić information content (AvgIpc) is 2.17. The first-order valence-corrected chi connectivity index (χ1v) is 6.13. The lowest BCUT2D eigenvalue weighted by molar-refractivity contribution is 0.0898. The van der Waals surface area contributed by atoms with Crippen LogP contribution in [0.5, 0.6) is 0 Å². The van der Waals surface area contributed by atoms with Gasteiger partial charge in [-0.2, -0.15) is 0 Å². The third-order valence-electron chi connectivity index (χ3n) is 2.75. The average molecular weight is 197 g/mol. The molecule has 2 atom stereocenters. The maximum Gasteiger partial charge on any atom is 0.112 e. The van der Waals surface area contributed by atoms with Crippen molar-refractivity contribution in [3.63, 3.8) is 0 Å². The van der Waals surface area contributed by atoms with E-state index in [0.29, 0.717) is 6.10 Å². The van der Waals surface area contributed by atoms with Crippen LogP contribution < -0.4 is 0 Å². The Morgan fingerprint density at radius 1 is 1.21 bits per heavy atom. The maximum absolute atomic E-state index is 5.46. The minimum atomic E-state index is 0.406. The normalized spacial score (nSPS) is 15.1. The van der Waals surface area contributed by atoms with Crippen LogP contribution in [0.4, 0.5) is 0 Å². The summed E-state index contributed by atoms with van der Waals surface area (Å²) in [6.07, 6.45) is 6.79. The van der Waals surface area contributed by atoms with E-state index in [1.165, 1.54) is 25.6 Å². The summed E-state index contributed by atoms with van der Waals surface area (Å²) in [4.78, 5) is 0. The molecule has 2 unspecified atom stereocenters. The molecule has 0 aromatic carbocycles. The number of ether oxygens (including phenoxy) is 1. The summed E-state index contributed by atoms with van der Waals surface area (Å²) in [6, 6.07) is 0. The van der Waals surface area contributed by atoms with Gasteiger partial charge in [0.2, 0.25) is 0 Å². The monoisotopic (exact) mass is 197 g/mol. The summed E-state index contributed by atoms with van der Waals surface area (Å²) < 4.78 is 5.46. The van der Waals surface area contributed by atoms with Crippen LogP contribution in [0.2, 0.25) is 12.6 Å². The molecular formula is C12H26BO. The lowest BCUT2D eigenvalue weighted by atomic mass is 9.67. The van der Waals surface area contributed by atoms with Crippen LogP contribution in [0.3, 0.4) is 0 Å². The molecule has 1 radical (unpaired) electrons. The van der Waals surface area contributed by atoms with Gasteiger partial charge in [-0.05, 0) is 19.8 Å². The summed E-state index contributed by atoms with van der Waals surface area (Å²) in [5.74, 6) is 0.896. The van der Waals surface area contributed by atoms with Crippen LogP contribution >= 0.6 is 0 Å². The van der Waals surface area contributed by atoms with E-state index in [2.05, 4.69) is 35.0 Å². The van der Waals surface area contributed by atoms with Crippen LogP contribution in [0.15, 0.2) is 0 Å². The van der Waals surface area contributed by atoms with Gasteiger partial charge in [0.1, 0.15) is 7.28 Å². The molecule has 0 saturated heterocycles. The topological polar surface area (TPSA) is 9.23 Å². The van der Waals surface area contributed by atoms with E-state index in [1.807, 2.05) is 0 Å². The predicted molar refractivity (Wildman–Crippen MR) is 65.1 cm³/mol. The van der Waals surface area contributed by atoms with E-state index in [0.717, 1.165) is 18.8 Å². The molecular weight excluding hydrogens is 171 g/mol. The molecule has 0 aliphatic rings. The second-order valence-corrected chi connectivity index (χ2v) is 4.23. The van der Waals surface area contributed by atoms with Crippen LogP contribution in [-0.4, -0.2) is 20.0 Å². The summed E-state index contributed by atoms with van der Waals surface area (Å²) in [7, 11) is 2.38. The van der Waals surface area contributed by atoms with Crippen molar-refractivity contribution < 1.29 is 4.74 Å². The molecule has 0 fully saturated rings. The van der Waals surface area contributed by atoms with Crippen molar-refractivity contribution in [2.24, 2.45) is 5.92 Å². The molecule has 0 rings (SSSR count). The van der Waals surface area contributed by atoms with Gasteiger partial charge in [-0.1, -0.05) is 45.8 Å². The van der Waals surface area contributed by atoms with Crippen molar-refractivity contribution in [2.75, 3.05) is 6.61 Å². The largest absolute Gasteiger partial charge is 0.380 e. The van der Waals surface area contributed by atoms with Crippen molar-refractivity contribution in [2.45, 2.75) is 65.7 Å². The number of hydrogen-bond acceptors (Lipinski definition) is 1. The van der Waals surface area contributed by atoms with Gasteiger partial charge in [-0.15, -0.1) is 0 Å². The number of hydrogen-bond donors (Lipinski definition) is 0. The third kappa shape index (κ3) is 8.62. The highest BCUT2D eigenvalue weighted by Gasteiger charge is 2.02. The summed E-state index contributed by atoms with van der Waals surface area (Å²) in [5, 5.41) is 0. The van der Waals surface area contributed by atoms with E-state index in [1.54, 1.807) is 0 Å². The van der Waals surface area contributed by atoms with Crippen molar-refractivity contribution in [1.29, 1.82) is 0 Å². The first kappa shape index (κ1) is 14.0. The highest BCUT2D eigenvalue weighted by molar-refractivity contribution is 6.35. The van der Waals surface area contributed by atoms with Crippen LogP contribution in [0.25, 0.3) is 0 Å². The maximum atomic E-state index is 5.46. The second-order valence-electron chi connectivity index (χ2n) is 4.23. The van der Waals surface area contributed by atoms with Crippen LogP contribution in [0.1, 0.15) is 47.0 Å². The summed E-state index contributed by atoms with van der Waals surface area (Å²) >= 11 is 0. The molecule has 0 heterocycles. The smallest absolute Gasteiger partial charge is 0.112 e. The molecule has 0 spiro atoms. The SMILES string of the molecule is CCOC(C)C[B]CCCC(C)CC. The lowest BCUT2D eigenvalue weighted by Crippen LogP contribution is -2.10. The fraction of sp³-hybridized carbons (Fsp3) is 1.00.